The molecule has 40 heavy (non-hydrogen) atoms. The molecule has 0 aromatic carbocycles. The Hall–Kier alpha value is -1.84. The van der Waals surface area contributed by atoms with E-state index >= 15 is 0 Å². The van der Waals surface area contributed by atoms with Crippen molar-refractivity contribution in [3.63, 3.8) is 0 Å². The molecule has 3 saturated carbocycles. The molecule has 0 radical (unpaired) electrons. The fourth-order valence-corrected chi connectivity index (χ4v) is 9.95. The predicted octanol–water partition coefficient (Wildman–Crippen LogP) is 9.71. The van der Waals surface area contributed by atoms with Crippen LogP contribution in [0.2, 0.25) is 0 Å². The second kappa shape index (κ2) is 12.2. The number of carbonyl (C=O) groups is 1. The Morgan fingerprint density at radius 3 is 2.52 bits per heavy atom. The lowest BCUT2D eigenvalue weighted by molar-refractivity contribution is -0.0566. The Labute approximate surface area is 244 Å². The summed E-state index contributed by atoms with van der Waals surface area (Å²) in [6, 6.07) is 0. The van der Waals surface area contributed by atoms with Crippen LogP contribution in [-0.2, 0) is 9.47 Å². The van der Waals surface area contributed by atoms with Crippen LogP contribution in [0.5, 0.6) is 0 Å². The molecule has 222 valence electrons. The second-order valence-corrected chi connectivity index (χ2v) is 14.7. The standard InChI is InChI=1S/C36H55NO3/c1-7-39-34(38)37-33(26-13-8-9-14-26)40-28-19-21-35(5)27(23-28)15-16-29-31-18-17-30(25(4)12-10-11-24(2)3)36(31,6)22-20-32(29)35/h8-9,13-15,24-26,28-32H,7,10-12,16-23H2,1-6H3/b37-33+/t25-,28-,29+,30-,31+,32+,35+,36-/m1/s1. The van der Waals surface area contributed by atoms with Crippen molar-refractivity contribution in [2.45, 2.75) is 118 Å². The zero-order valence-corrected chi connectivity index (χ0v) is 26.2. The Bertz CT molecular complexity index is 1030. The third kappa shape index (κ3) is 5.75. The minimum Gasteiger partial charge on any atom is -0.476 e. The van der Waals surface area contributed by atoms with Gasteiger partial charge in [0.1, 0.15) is 6.10 Å². The molecule has 0 heterocycles. The molecule has 0 N–H and O–H groups in total. The molecule has 0 saturated heterocycles. The van der Waals surface area contributed by atoms with Crippen LogP contribution >= 0.6 is 0 Å². The van der Waals surface area contributed by atoms with Gasteiger partial charge in [0.15, 0.2) is 0 Å². The van der Waals surface area contributed by atoms with Gasteiger partial charge in [-0.2, -0.15) is 0 Å². The molecule has 4 heteroatoms. The van der Waals surface area contributed by atoms with Gasteiger partial charge in [0.05, 0.1) is 12.5 Å². The van der Waals surface area contributed by atoms with Gasteiger partial charge in [-0.25, -0.2) is 4.79 Å². The molecule has 0 aromatic rings. The molecule has 5 rings (SSSR count). The lowest BCUT2D eigenvalue weighted by Gasteiger charge is -2.58. The third-order valence-corrected chi connectivity index (χ3v) is 12.0. The van der Waals surface area contributed by atoms with Crippen molar-refractivity contribution in [2.24, 2.45) is 57.2 Å². The maximum absolute atomic E-state index is 12.2. The summed E-state index contributed by atoms with van der Waals surface area (Å²) in [5.74, 6) is 5.52. The van der Waals surface area contributed by atoms with Crippen LogP contribution in [0.25, 0.3) is 0 Å². The number of allylic oxidation sites excluding steroid dienone is 3. The Balaban J connectivity index is 1.27. The first-order valence-corrected chi connectivity index (χ1v) is 16.6. The van der Waals surface area contributed by atoms with E-state index in [9.17, 15) is 4.79 Å². The van der Waals surface area contributed by atoms with Gasteiger partial charge in [-0.15, -0.1) is 4.99 Å². The molecule has 0 bridgehead atoms. The number of rotatable bonds is 8. The maximum Gasteiger partial charge on any atom is 0.436 e. The van der Waals surface area contributed by atoms with Crippen molar-refractivity contribution in [3.05, 3.63) is 36.0 Å². The number of carbonyl (C=O) groups excluding carboxylic acids is 1. The number of hydrogen-bond acceptors (Lipinski definition) is 3. The molecule has 0 aliphatic heterocycles. The minimum atomic E-state index is -0.555. The van der Waals surface area contributed by atoms with Crippen molar-refractivity contribution in [1.82, 2.24) is 0 Å². The van der Waals surface area contributed by atoms with E-state index < -0.39 is 6.09 Å². The number of hydrogen-bond donors (Lipinski definition) is 0. The van der Waals surface area contributed by atoms with E-state index in [0.29, 0.717) is 17.9 Å². The summed E-state index contributed by atoms with van der Waals surface area (Å²) in [6.07, 6.45) is 24.5. The van der Waals surface area contributed by atoms with E-state index in [1.54, 1.807) is 5.57 Å². The van der Waals surface area contributed by atoms with Crippen LogP contribution in [0.4, 0.5) is 4.79 Å². The number of ether oxygens (including phenoxy) is 2. The van der Waals surface area contributed by atoms with Gasteiger partial charge in [0, 0.05) is 6.42 Å². The fraction of sp³-hybridized carbons (Fsp3) is 0.778. The van der Waals surface area contributed by atoms with Crippen LogP contribution in [0.15, 0.2) is 40.9 Å². The minimum absolute atomic E-state index is 0.0721. The molecule has 3 fully saturated rings. The normalized spacial score (nSPS) is 38.0. The molecule has 0 unspecified atom stereocenters. The van der Waals surface area contributed by atoms with Gasteiger partial charge in [0.2, 0.25) is 5.90 Å². The predicted molar refractivity (Wildman–Crippen MR) is 164 cm³/mol. The molecular formula is C36H55NO3. The van der Waals surface area contributed by atoms with Crippen molar-refractivity contribution < 1.29 is 14.3 Å². The van der Waals surface area contributed by atoms with E-state index in [2.05, 4.69) is 45.7 Å². The van der Waals surface area contributed by atoms with Crippen molar-refractivity contribution in [3.8, 4) is 0 Å². The SMILES string of the molecule is CCOC(=O)/N=C(/O[C@@H]1CC[C@@]2(C)C(=CC[C@H]3[C@@H]4CC[C@H]([C@H](C)CCCC(C)C)[C@@]4(C)CC[C@@H]32)C1)C1C=CC=C1. The summed E-state index contributed by atoms with van der Waals surface area (Å²) in [5.41, 5.74) is 2.43. The van der Waals surface area contributed by atoms with Crippen LogP contribution in [0.3, 0.4) is 0 Å². The van der Waals surface area contributed by atoms with Crippen molar-refractivity contribution >= 4 is 12.0 Å². The molecule has 0 spiro atoms. The third-order valence-electron chi connectivity index (χ3n) is 12.0. The molecule has 5 aliphatic carbocycles. The highest BCUT2D eigenvalue weighted by Gasteiger charge is 2.59. The van der Waals surface area contributed by atoms with Crippen LogP contribution < -0.4 is 0 Å². The zero-order valence-electron chi connectivity index (χ0n) is 26.2. The lowest BCUT2D eigenvalue weighted by Crippen LogP contribution is -2.51. The number of fused-ring (bicyclic) bond motifs is 5. The van der Waals surface area contributed by atoms with E-state index in [0.717, 1.165) is 48.3 Å². The van der Waals surface area contributed by atoms with Crippen LogP contribution in [-0.4, -0.2) is 24.7 Å². The fourth-order valence-electron chi connectivity index (χ4n) is 9.95. The quantitative estimate of drug-likeness (QED) is 0.172. The van der Waals surface area contributed by atoms with Gasteiger partial charge in [-0.1, -0.05) is 89.8 Å². The average molecular weight is 550 g/mol. The van der Waals surface area contributed by atoms with Gasteiger partial charge >= 0.3 is 6.09 Å². The molecule has 8 atom stereocenters. The molecule has 5 aliphatic rings. The summed E-state index contributed by atoms with van der Waals surface area (Å²) in [7, 11) is 0. The summed E-state index contributed by atoms with van der Waals surface area (Å²) < 4.78 is 11.6. The summed E-state index contributed by atoms with van der Waals surface area (Å²) in [6.45, 7) is 14.7. The molecule has 0 aromatic heterocycles. The molecule has 1 amide bonds. The van der Waals surface area contributed by atoms with Gasteiger partial charge in [-0.3, -0.25) is 0 Å². The van der Waals surface area contributed by atoms with E-state index in [1.807, 2.05) is 31.2 Å². The highest BCUT2D eigenvalue weighted by Crippen LogP contribution is 2.67. The average Bonchev–Trinajstić information content (AvgIpc) is 3.56. The van der Waals surface area contributed by atoms with E-state index in [-0.39, 0.29) is 17.4 Å². The first-order valence-electron chi connectivity index (χ1n) is 16.6. The first-order chi connectivity index (χ1) is 19.2. The summed E-state index contributed by atoms with van der Waals surface area (Å²) >= 11 is 0. The highest BCUT2D eigenvalue weighted by molar-refractivity contribution is 5.92. The smallest absolute Gasteiger partial charge is 0.436 e. The molecular weight excluding hydrogens is 494 g/mol. The van der Waals surface area contributed by atoms with Gasteiger partial charge < -0.3 is 9.47 Å². The Morgan fingerprint density at radius 2 is 1.80 bits per heavy atom. The number of aliphatic imine (C=N–C) groups is 1. The summed E-state index contributed by atoms with van der Waals surface area (Å²) in [5, 5.41) is 0. The second-order valence-electron chi connectivity index (χ2n) is 14.7. The van der Waals surface area contributed by atoms with Gasteiger partial charge in [0.25, 0.3) is 0 Å². The Kier molecular flexibility index (Phi) is 9.03. The Morgan fingerprint density at radius 1 is 1.02 bits per heavy atom. The maximum atomic E-state index is 12.2. The first kappa shape index (κ1) is 29.6. The van der Waals surface area contributed by atoms with Crippen molar-refractivity contribution in [1.29, 1.82) is 0 Å². The van der Waals surface area contributed by atoms with Crippen LogP contribution in [0, 0.1) is 52.3 Å². The van der Waals surface area contributed by atoms with Crippen LogP contribution in [0.1, 0.15) is 112 Å². The van der Waals surface area contributed by atoms with E-state index in [4.69, 9.17) is 9.47 Å². The zero-order chi connectivity index (χ0) is 28.5. The monoisotopic (exact) mass is 549 g/mol. The van der Waals surface area contributed by atoms with Gasteiger partial charge in [-0.05, 0) is 98.2 Å². The topological polar surface area (TPSA) is 47.9 Å². The number of nitrogens with zero attached hydrogens (tertiary/aromatic N) is 1. The largest absolute Gasteiger partial charge is 0.476 e. The summed E-state index contributed by atoms with van der Waals surface area (Å²) in [4.78, 5) is 16.4. The highest BCUT2D eigenvalue weighted by atomic mass is 16.6. The lowest BCUT2D eigenvalue weighted by atomic mass is 9.47. The van der Waals surface area contributed by atoms with E-state index in [1.165, 1.54) is 57.8 Å². The number of amides is 1. The van der Waals surface area contributed by atoms with Crippen molar-refractivity contribution in [2.75, 3.05) is 6.61 Å². The molecule has 4 nitrogen and oxygen atoms in total.